The smallest absolute Gasteiger partial charge is 0.335 e. The maximum Gasteiger partial charge on any atom is 0.434 e. The van der Waals surface area contributed by atoms with Gasteiger partial charge in [0.1, 0.15) is 0 Å². The van der Waals surface area contributed by atoms with Crippen molar-refractivity contribution in [1.29, 1.82) is 0 Å². The van der Waals surface area contributed by atoms with E-state index in [1.165, 1.54) is 0 Å². The Bertz CT molecular complexity index is 225. The van der Waals surface area contributed by atoms with Gasteiger partial charge in [-0.15, -0.1) is 0 Å². The fraction of sp³-hybridized carbons (Fsp3) is 0.200. The quantitative estimate of drug-likeness (QED) is 0.547. The zero-order chi connectivity index (χ0) is 7.78. The average molecular weight is 149 g/mol. The van der Waals surface area contributed by atoms with Crippen molar-refractivity contribution < 1.29 is 13.2 Å². The van der Waals surface area contributed by atoms with Gasteiger partial charge in [0, 0.05) is 13.2 Å². The van der Waals surface area contributed by atoms with Crippen molar-refractivity contribution in [2.24, 2.45) is 0 Å². The molecule has 0 spiro atoms. The number of imidazole rings is 1. The maximum absolute atomic E-state index is 11.7. The maximum atomic E-state index is 11.7. The van der Waals surface area contributed by atoms with Crippen LogP contribution < -0.4 is 0 Å². The average Bonchev–Trinajstić information content (AvgIpc) is 2.11. The minimum absolute atomic E-state index is 0.819. The third-order valence-electron chi connectivity index (χ3n) is 0.924. The van der Waals surface area contributed by atoms with Crippen LogP contribution in [-0.2, 0) is 6.18 Å². The lowest BCUT2D eigenvalue weighted by molar-refractivity contribution is -0.140. The number of aromatic nitrogens is 2. The van der Waals surface area contributed by atoms with Crippen LogP contribution in [0.2, 0.25) is 0 Å². The van der Waals surface area contributed by atoms with E-state index in [9.17, 15) is 13.2 Å². The number of halogens is 3. The van der Waals surface area contributed by atoms with Crippen molar-refractivity contribution in [1.82, 2.24) is 9.55 Å². The molecule has 0 aromatic carbocycles. The molecule has 1 heterocycles. The van der Waals surface area contributed by atoms with Crippen molar-refractivity contribution in [2.75, 3.05) is 0 Å². The largest absolute Gasteiger partial charge is 0.434 e. The van der Waals surface area contributed by atoms with Crippen LogP contribution in [0.3, 0.4) is 0 Å². The van der Waals surface area contributed by atoms with E-state index in [1.54, 1.807) is 0 Å². The third-order valence-corrected chi connectivity index (χ3v) is 0.924. The van der Waals surface area contributed by atoms with Gasteiger partial charge in [-0.05, 0) is 0 Å². The van der Waals surface area contributed by atoms with Gasteiger partial charge < -0.3 is 4.57 Å². The highest BCUT2D eigenvalue weighted by molar-refractivity contribution is 5.01. The summed E-state index contributed by atoms with van der Waals surface area (Å²) in [5, 5.41) is 0. The molecular weight excluding hydrogens is 145 g/mol. The van der Waals surface area contributed by atoms with Gasteiger partial charge in [0.25, 0.3) is 0 Å². The van der Waals surface area contributed by atoms with Gasteiger partial charge in [0.15, 0.2) is 5.69 Å². The lowest BCUT2D eigenvalue weighted by Crippen LogP contribution is -2.04. The number of hydrogen-bond donors (Lipinski definition) is 0. The Morgan fingerprint density at radius 1 is 1.50 bits per heavy atom. The Morgan fingerprint density at radius 2 is 2.10 bits per heavy atom. The lowest BCUT2D eigenvalue weighted by atomic mass is 10.5. The zero-order valence-electron chi connectivity index (χ0n) is 4.89. The fourth-order valence-electron chi connectivity index (χ4n) is 0.506. The van der Waals surface area contributed by atoms with Crippen LogP contribution in [0.1, 0.15) is 5.69 Å². The van der Waals surface area contributed by atoms with Crippen molar-refractivity contribution in [3.8, 4) is 0 Å². The Balaban J connectivity index is 2.96. The molecule has 0 aliphatic heterocycles. The summed E-state index contributed by atoms with van der Waals surface area (Å²) in [5.41, 5.74) is -0.914. The molecule has 0 atom stereocenters. The van der Waals surface area contributed by atoms with Gasteiger partial charge in [-0.25, -0.2) is 4.98 Å². The summed E-state index contributed by atoms with van der Waals surface area (Å²) in [7, 11) is 3.21. The summed E-state index contributed by atoms with van der Waals surface area (Å²) < 4.78 is 36.1. The molecule has 0 fully saturated rings. The number of alkyl halides is 3. The van der Waals surface area contributed by atoms with E-state index in [0.717, 1.165) is 17.1 Å². The molecule has 55 valence electrons. The molecule has 0 bridgehead atoms. The Hall–Kier alpha value is -1.00. The van der Waals surface area contributed by atoms with Crippen LogP contribution >= 0.6 is 0 Å². The molecule has 1 rings (SSSR count). The Kier molecular flexibility index (Phi) is 1.42. The molecule has 1 aromatic heterocycles. The van der Waals surface area contributed by atoms with E-state index < -0.39 is 11.9 Å². The third kappa shape index (κ3) is 1.29. The highest BCUT2D eigenvalue weighted by atomic mass is 19.4. The molecule has 5 heteroatoms. The first kappa shape index (κ1) is 7.11. The lowest BCUT2D eigenvalue weighted by Gasteiger charge is -1.98. The molecule has 0 unspecified atom stereocenters. The van der Waals surface area contributed by atoms with Crippen LogP contribution in [0, 0.1) is 7.05 Å². The summed E-state index contributed by atoms with van der Waals surface area (Å²) >= 11 is 0. The van der Waals surface area contributed by atoms with Gasteiger partial charge in [-0.1, -0.05) is 0 Å². The van der Waals surface area contributed by atoms with Crippen molar-refractivity contribution in [2.45, 2.75) is 6.18 Å². The SMILES string of the molecule is [CH2]n1cnc(C(F)(F)F)c1. The van der Waals surface area contributed by atoms with E-state index in [2.05, 4.69) is 12.0 Å². The first-order chi connectivity index (χ1) is 4.50. The summed E-state index contributed by atoms with van der Waals surface area (Å²) in [5.74, 6) is 0. The predicted octanol–water partition coefficient (Wildman–Crippen LogP) is 1.54. The molecule has 1 aromatic rings. The number of hydrogen-bond acceptors (Lipinski definition) is 1. The predicted molar refractivity (Wildman–Crippen MR) is 28.0 cm³/mol. The van der Waals surface area contributed by atoms with Gasteiger partial charge >= 0.3 is 6.18 Å². The Labute approximate surface area is 55.3 Å². The van der Waals surface area contributed by atoms with Crippen molar-refractivity contribution in [3.63, 3.8) is 0 Å². The van der Waals surface area contributed by atoms with Gasteiger partial charge in [-0.2, -0.15) is 13.2 Å². The van der Waals surface area contributed by atoms with Crippen LogP contribution in [0.25, 0.3) is 0 Å². The van der Waals surface area contributed by atoms with E-state index in [-0.39, 0.29) is 0 Å². The minimum atomic E-state index is -4.36. The highest BCUT2D eigenvalue weighted by Gasteiger charge is 2.32. The Morgan fingerprint density at radius 3 is 2.30 bits per heavy atom. The van der Waals surface area contributed by atoms with E-state index in [4.69, 9.17) is 0 Å². The summed E-state index contributed by atoms with van der Waals surface area (Å²) in [6, 6.07) is 0. The summed E-state index contributed by atoms with van der Waals surface area (Å²) in [4.78, 5) is 3.06. The van der Waals surface area contributed by atoms with E-state index in [0.29, 0.717) is 0 Å². The number of rotatable bonds is 0. The topological polar surface area (TPSA) is 17.8 Å². The van der Waals surface area contributed by atoms with Crippen molar-refractivity contribution >= 4 is 0 Å². The minimum Gasteiger partial charge on any atom is -0.335 e. The molecule has 0 aliphatic carbocycles. The second-order valence-electron chi connectivity index (χ2n) is 1.77. The molecule has 2 nitrogen and oxygen atoms in total. The van der Waals surface area contributed by atoms with Crippen LogP contribution in [0.5, 0.6) is 0 Å². The second-order valence-corrected chi connectivity index (χ2v) is 1.77. The molecule has 0 saturated heterocycles. The molecule has 0 aliphatic rings. The first-order valence-corrected chi connectivity index (χ1v) is 2.42. The van der Waals surface area contributed by atoms with Gasteiger partial charge in [0.2, 0.25) is 0 Å². The fourth-order valence-corrected chi connectivity index (χ4v) is 0.506. The molecule has 0 amide bonds. The van der Waals surface area contributed by atoms with Crippen molar-refractivity contribution in [3.05, 3.63) is 25.3 Å². The number of nitrogens with zero attached hydrogens (tertiary/aromatic N) is 2. The summed E-state index contributed by atoms with van der Waals surface area (Å²) in [6.45, 7) is 0. The normalized spacial score (nSPS) is 12.0. The van der Waals surface area contributed by atoms with E-state index in [1.807, 2.05) is 0 Å². The molecule has 1 radical (unpaired) electrons. The first-order valence-electron chi connectivity index (χ1n) is 2.42. The molecular formula is C5H4F3N2. The molecule has 0 N–H and O–H groups in total. The van der Waals surface area contributed by atoms with Gasteiger partial charge in [-0.3, -0.25) is 0 Å². The monoisotopic (exact) mass is 149 g/mol. The van der Waals surface area contributed by atoms with Crippen LogP contribution in [-0.4, -0.2) is 9.55 Å². The van der Waals surface area contributed by atoms with Crippen LogP contribution in [0.4, 0.5) is 13.2 Å². The summed E-state index contributed by atoms with van der Waals surface area (Å²) in [6.07, 6.45) is -2.54. The molecule has 10 heavy (non-hydrogen) atoms. The van der Waals surface area contributed by atoms with Crippen LogP contribution in [0.15, 0.2) is 12.5 Å². The zero-order valence-corrected chi connectivity index (χ0v) is 4.89. The standard InChI is InChI=1S/C5H4F3N2/c1-10-2-4(9-3-10)5(6,7)8/h2-3H,1H2. The second kappa shape index (κ2) is 2.00. The molecule has 0 saturated carbocycles. The van der Waals surface area contributed by atoms with E-state index >= 15 is 0 Å². The highest BCUT2D eigenvalue weighted by Crippen LogP contribution is 2.26. The van der Waals surface area contributed by atoms with Gasteiger partial charge in [0.05, 0.1) is 6.33 Å².